The van der Waals surface area contributed by atoms with Gasteiger partial charge in [0.1, 0.15) is 24.6 Å². The summed E-state index contributed by atoms with van der Waals surface area (Å²) >= 11 is 0. The molecule has 0 aromatic heterocycles. The summed E-state index contributed by atoms with van der Waals surface area (Å²) in [5.41, 5.74) is 6.41. The molecule has 0 aliphatic rings. The molecule has 0 saturated carbocycles. The highest BCUT2D eigenvalue weighted by molar-refractivity contribution is 5.47. The van der Waals surface area contributed by atoms with Crippen molar-refractivity contribution in [3.05, 3.63) is 94.0 Å². The molecule has 0 unspecified atom stereocenters. The van der Waals surface area contributed by atoms with E-state index in [1.165, 1.54) is 22.3 Å². The second-order valence-corrected chi connectivity index (χ2v) is 13.4. The van der Waals surface area contributed by atoms with Gasteiger partial charge >= 0.3 is 0 Å². The maximum Gasteiger partial charge on any atom is 0.124 e. The summed E-state index contributed by atoms with van der Waals surface area (Å²) in [5, 5.41) is 20.9. The second-order valence-electron chi connectivity index (χ2n) is 13.4. The highest BCUT2D eigenvalue weighted by Gasteiger charge is 2.28. The summed E-state index contributed by atoms with van der Waals surface area (Å²) < 4.78 is 1.52. The highest BCUT2D eigenvalue weighted by atomic mass is 127. The number of phenolic OH excluding ortho intramolecular Hbond substituents is 2. The van der Waals surface area contributed by atoms with Gasteiger partial charge in [0, 0.05) is 22.0 Å². The summed E-state index contributed by atoms with van der Waals surface area (Å²) in [7, 11) is 12.8. The van der Waals surface area contributed by atoms with Crippen molar-refractivity contribution in [3.8, 4) is 11.5 Å². The van der Waals surface area contributed by atoms with Crippen LogP contribution in [0.15, 0.2) is 60.7 Å². The van der Waals surface area contributed by atoms with Gasteiger partial charge in [0.05, 0.1) is 42.3 Å². The molecule has 3 rings (SSSR count). The molecule has 0 saturated heterocycles. The van der Waals surface area contributed by atoms with E-state index in [0.717, 1.165) is 33.2 Å². The van der Waals surface area contributed by atoms with E-state index in [4.69, 9.17) is 0 Å². The molecule has 0 radical (unpaired) electrons. The van der Waals surface area contributed by atoms with Crippen molar-refractivity contribution >= 4 is 0 Å². The van der Waals surface area contributed by atoms with E-state index in [2.05, 4.69) is 106 Å². The molecule has 210 valence electrons. The van der Waals surface area contributed by atoms with Gasteiger partial charge in [-0.3, -0.25) is 0 Å². The smallest absolute Gasteiger partial charge is 0.124 e. The molecule has 0 aliphatic carbocycles. The number of halogens is 2. The van der Waals surface area contributed by atoms with Gasteiger partial charge in [-0.25, -0.2) is 0 Å². The maximum atomic E-state index is 10.4. The number of rotatable bonds is 8. The third kappa shape index (κ3) is 8.32. The molecule has 0 heterocycles. The summed E-state index contributed by atoms with van der Waals surface area (Å²) in [6.07, 6.45) is 0. The Balaban J connectivity index is 0.00000361. The average Bonchev–Trinajstić information content (AvgIpc) is 2.75. The zero-order valence-corrected chi connectivity index (χ0v) is 29.0. The fourth-order valence-corrected chi connectivity index (χ4v) is 4.86. The zero-order valence-electron chi connectivity index (χ0n) is 24.7. The monoisotopic (exact) mass is 744 g/mol. The zero-order chi connectivity index (χ0) is 27.1. The van der Waals surface area contributed by atoms with E-state index in [0.29, 0.717) is 11.5 Å². The minimum Gasteiger partial charge on any atom is -1.00 e. The van der Waals surface area contributed by atoms with Crippen molar-refractivity contribution in [2.24, 2.45) is 0 Å². The molecular formula is C32H46I2N2O2. The first-order valence-corrected chi connectivity index (χ1v) is 12.8. The first kappa shape index (κ1) is 34.7. The Labute approximate surface area is 264 Å². The summed E-state index contributed by atoms with van der Waals surface area (Å²) in [6.45, 7) is 10.5. The van der Waals surface area contributed by atoms with Crippen molar-refractivity contribution in [1.29, 1.82) is 0 Å². The molecule has 3 aromatic rings. The van der Waals surface area contributed by atoms with Crippen LogP contribution < -0.4 is 48.0 Å². The quantitative estimate of drug-likeness (QED) is 0.256. The standard InChI is InChI=1S/C32H44N2O2.2HI/c1-31(2,27-15-17-29(35)23(19-27)21-33(5,6)7)25-11-13-26(14-12-25)32(3,4)28-16-18-30(36)24(20-28)22-34(8,9)10;;/h11-20H,21-22H2,1-10H3;2*1H. The van der Waals surface area contributed by atoms with Gasteiger partial charge in [-0.05, 0) is 46.5 Å². The lowest BCUT2D eigenvalue weighted by Crippen LogP contribution is -3.00. The van der Waals surface area contributed by atoms with E-state index >= 15 is 0 Å². The fourth-order valence-electron chi connectivity index (χ4n) is 4.86. The third-order valence-electron chi connectivity index (χ3n) is 7.22. The van der Waals surface area contributed by atoms with Gasteiger partial charge in [0.25, 0.3) is 0 Å². The number of hydrogen-bond acceptors (Lipinski definition) is 2. The molecule has 0 aliphatic heterocycles. The number of aromatic hydroxyl groups is 2. The Kier molecular flexibility index (Phi) is 11.3. The van der Waals surface area contributed by atoms with Crippen LogP contribution in [0.4, 0.5) is 0 Å². The number of benzene rings is 3. The van der Waals surface area contributed by atoms with Crippen LogP contribution >= 0.6 is 0 Å². The fraction of sp³-hybridized carbons (Fsp3) is 0.438. The summed E-state index contributed by atoms with van der Waals surface area (Å²) in [5.74, 6) is 0.719. The van der Waals surface area contributed by atoms with Gasteiger partial charge in [0.15, 0.2) is 0 Å². The Morgan fingerprint density at radius 1 is 0.500 bits per heavy atom. The second kappa shape index (κ2) is 12.4. The molecule has 2 N–H and O–H groups in total. The molecule has 0 amide bonds. The first-order chi connectivity index (χ1) is 16.4. The molecule has 0 fully saturated rings. The van der Waals surface area contributed by atoms with Crippen LogP contribution in [0.1, 0.15) is 61.1 Å². The van der Waals surface area contributed by atoms with Gasteiger partial charge in [-0.2, -0.15) is 0 Å². The topological polar surface area (TPSA) is 40.5 Å². The molecular weight excluding hydrogens is 698 g/mol. The van der Waals surface area contributed by atoms with Crippen LogP contribution in [0.3, 0.4) is 0 Å². The van der Waals surface area contributed by atoms with Crippen molar-refractivity contribution in [2.75, 3.05) is 42.3 Å². The van der Waals surface area contributed by atoms with Crippen LogP contribution in [-0.2, 0) is 23.9 Å². The van der Waals surface area contributed by atoms with Gasteiger partial charge in [-0.15, -0.1) is 0 Å². The lowest BCUT2D eigenvalue weighted by Gasteiger charge is -2.31. The number of phenols is 2. The van der Waals surface area contributed by atoms with Crippen LogP contribution in [0.5, 0.6) is 11.5 Å². The Morgan fingerprint density at radius 3 is 1.03 bits per heavy atom. The number of hydrogen-bond donors (Lipinski definition) is 2. The van der Waals surface area contributed by atoms with Crippen molar-refractivity contribution in [2.45, 2.75) is 51.6 Å². The molecule has 38 heavy (non-hydrogen) atoms. The maximum absolute atomic E-state index is 10.4. The van der Waals surface area contributed by atoms with E-state index < -0.39 is 0 Å². The molecule has 6 heteroatoms. The van der Waals surface area contributed by atoms with Gasteiger partial charge < -0.3 is 67.1 Å². The Morgan fingerprint density at radius 2 is 0.763 bits per heavy atom. The largest absolute Gasteiger partial charge is 1.00 e. The summed E-state index contributed by atoms with van der Waals surface area (Å²) in [6, 6.07) is 21.0. The van der Waals surface area contributed by atoms with Crippen molar-refractivity contribution in [1.82, 2.24) is 0 Å². The van der Waals surface area contributed by atoms with Crippen LogP contribution in [0.2, 0.25) is 0 Å². The van der Waals surface area contributed by atoms with Gasteiger partial charge in [0.2, 0.25) is 0 Å². The SMILES string of the molecule is CC(C)(c1ccc(C(C)(C)c2ccc(O)c(C[N+](C)(C)C)c2)cc1)c1ccc(O)c(C[N+](C)(C)C)c1.[I-].[I-]. The van der Waals surface area contributed by atoms with Crippen LogP contribution in [0, 0.1) is 0 Å². The van der Waals surface area contributed by atoms with E-state index in [1.807, 2.05) is 24.3 Å². The first-order valence-electron chi connectivity index (χ1n) is 12.8. The minimum absolute atomic E-state index is 0. The third-order valence-corrected chi connectivity index (χ3v) is 7.22. The average molecular weight is 745 g/mol. The molecule has 0 spiro atoms. The lowest BCUT2D eigenvalue weighted by molar-refractivity contribution is -0.884. The van der Waals surface area contributed by atoms with E-state index in [-0.39, 0.29) is 58.8 Å². The molecule has 4 nitrogen and oxygen atoms in total. The van der Waals surface area contributed by atoms with E-state index in [9.17, 15) is 10.2 Å². The predicted molar refractivity (Wildman–Crippen MR) is 150 cm³/mol. The molecule has 3 aromatic carbocycles. The van der Waals surface area contributed by atoms with E-state index in [1.54, 1.807) is 0 Å². The van der Waals surface area contributed by atoms with Crippen LogP contribution in [0.25, 0.3) is 0 Å². The van der Waals surface area contributed by atoms with Crippen LogP contribution in [-0.4, -0.2) is 61.5 Å². The highest BCUT2D eigenvalue weighted by Crippen LogP contribution is 2.38. The predicted octanol–water partition coefficient (Wildman–Crippen LogP) is 0.170. The molecule has 0 atom stereocenters. The summed E-state index contributed by atoms with van der Waals surface area (Å²) in [4.78, 5) is 0. The molecule has 0 bridgehead atoms. The van der Waals surface area contributed by atoms with Gasteiger partial charge in [-0.1, -0.05) is 64.1 Å². The Hall–Kier alpha value is -1.36. The van der Waals surface area contributed by atoms with Crippen molar-refractivity contribution < 1.29 is 67.1 Å². The Bertz CT molecular complexity index is 1130. The van der Waals surface area contributed by atoms with Crippen molar-refractivity contribution in [3.63, 3.8) is 0 Å². The minimum atomic E-state index is -0.202. The number of nitrogens with zero attached hydrogens (tertiary/aromatic N) is 2. The lowest BCUT2D eigenvalue weighted by atomic mass is 9.74. The normalized spacial score (nSPS) is 12.5. The number of quaternary nitrogens is 2.